The molecule has 0 saturated heterocycles. The lowest BCUT2D eigenvalue weighted by Gasteiger charge is -2.24. The summed E-state index contributed by atoms with van der Waals surface area (Å²) < 4.78 is 12.9. The number of carbonyl (C=O) groups is 2. The number of ether oxygens (including phenoxy) is 2. The van der Waals surface area contributed by atoms with Crippen molar-refractivity contribution in [2.45, 2.75) is 63.6 Å². The molecule has 1 amide bonds. The van der Waals surface area contributed by atoms with Crippen LogP contribution in [-0.2, 0) is 29.0 Å². The second-order valence-electron chi connectivity index (χ2n) is 10.7. The Labute approximate surface area is 228 Å². The molecule has 1 N–H and O–H groups in total. The van der Waals surface area contributed by atoms with Gasteiger partial charge in [0.25, 0.3) is 0 Å². The molecule has 1 aliphatic carbocycles. The normalized spacial score (nSPS) is 17.1. The van der Waals surface area contributed by atoms with Crippen molar-refractivity contribution in [2.75, 3.05) is 7.11 Å². The highest BCUT2D eigenvalue weighted by molar-refractivity contribution is 5.99. The number of benzene rings is 3. The van der Waals surface area contributed by atoms with Gasteiger partial charge in [-0.2, -0.15) is 0 Å². The summed E-state index contributed by atoms with van der Waals surface area (Å²) >= 11 is 0. The van der Waals surface area contributed by atoms with E-state index in [1.807, 2.05) is 42.5 Å². The van der Waals surface area contributed by atoms with Crippen LogP contribution in [0, 0.1) is 0 Å². The van der Waals surface area contributed by atoms with Crippen molar-refractivity contribution in [3.8, 4) is 11.3 Å². The average molecular weight is 523 g/mol. The smallest absolute Gasteiger partial charge is 0.407 e. The molecule has 0 bridgehead atoms. The summed E-state index contributed by atoms with van der Waals surface area (Å²) in [6, 6.07) is 24.0. The first kappa shape index (κ1) is 25.2. The van der Waals surface area contributed by atoms with Crippen LogP contribution < -0.4 is 5.32 Å². The molecule has 3 aromatic carbocycles. The van der Waals surface area contributed by atoms with Crippen LogP contribution in [-0.4, -0.2) is 29.8 Å². The fourth-order valence-electron chi connectivity index (χ4n) is 6.41. The zero-order valence-electron chi connectivity index (χ0n) is 22.3. The highest BCUT2D eigenvalue weighted by Gasteiger charge is 2.31. The number of amides is 1. The zero-order valence-corrected chi connectivity index (χ0v) is 22.3. The summed E-state index contributed by atoms with van der Waals surface area (Å²) in [5, 5.41) is 4.33. The number of nitrogens with zero attached hydrogens (tertiary/aromatic N) is 1. The molecule has 6 heteroatoms. The molecule has 1 aromatic heterocycles. The summed E-state index contributed by atoms with van der Waals surface area (Å²) in [6.07, 6.45) is 6.35. The third kappa shape index (κ3) is 5.03. The van der Waals surface area contributed by atoms with Gasteiger partial charge < -0.3 is 19.4 Å². The Morgan fingerprint density at radius 3 is 2.51 bits per heavy atom. The molecule has 200 valence electrons. The first-order valence-electron chi connectivity index (χ1n) is 13.9. The molecule has 0 radical (unpaired) electrons. The number of hydrogen-bond acceptors (Lipinski definition) is 4. The summed E-state index contributed by atoms with van der Waals surface area (Å²) in [7, 11) is 1.41. The SMILES string of the molecule is COC(=O)c1ccc2c(C3CCCCC3)c3n(c2c1)CC(NC(=O)OCc1ccccc1)Cc1ccccc1-3. The predicted molar refractivity (Wildman–Crippen MR) is 152 cm³/mol. The molecular formula is C33H34N2O4. The minimum atomic E-state index is -0.427. The molecule has 6 nitrogen and oxygen atoms in total. The van der Waals surface area contributed by atoms with Gasteiger partial charge in [-0.1, -0.05) is 79.9 Å². The number of rotatable bonds is 5. The van der Waals surface area contributed by atoms with E-state index in [4.69, 9.17) is 9.47 Å². The van der Waals surface area contributed by atoms with E-state index in [1.54, 1.807) is 0 Å². The summed E-state index contributed by atoms with van der Waals surface area (Å²) in [4.78, 5) is 25.4. The monoisotopic (exact) mass is 522 g/mol. The maximum Gasteiger partial charge on any atom is 0.407 e. The molecule has 1 atom stereocenters. The average Bonchev–Trinajstić information content (AvgIpc) is 3.20. The standard InChI is InChI=1S/C33H34N2O4/c1-38-32(36)25-16-17-28-29(19-25)35-20-26(34-33(37)39-21-22-10-4-2-5-11-22)18-24-14-8-9-15-27(24)31(35)30(28)23-12-6-3-7-13-23/h2,4-5,8-11,14-17,19,23,26H,3,6-7,12-13,18,20-21H2,1H3,(H,34,37). The highest BCUT2D eigenvalue weighted by Crippen LogP contribution is 2.46. The lowest BCUT2D eigenvalue weighted by molar-refractivity contribution is 0.0601. The molecule has 1 unspecified atom stereocenters. The molecule has 2 aliphatic rings. The molecule has 1 aliphatic heterocycles. The Bertz CT molecular complexity index is 1500. The van der Waals surface area contributed by atoms with Crippen LogP contribution in [0.15, 0.2) is 72.8 Å². The molecule has 4 aromatic rings. The van der Waals surface area contributed by atoms with Gasteiger partial charge in [-0.3, -0.25) is 0 Å². The number of fused-ring (bicyclic) bond motifs is 5. The Balaban J connectivity index is 1.42. The van der Waals surface area contributed by atoms with Crippen molar-refractivity contribution in [3.63, 3.8) is 0 Å². The summed E-state index contributed by atoms with van der Waals surface area (Å²) in [6.45, 7) is 0.806. The number of alkyl carbamates (subject to hydrolysis) is 1. The van der Waals surface area contributed by atoms with Gasteiger partial charge in [0.05, 0.1) is 24.4 Å². The van der Waals surface area contributed by atoms with Gasteiger partial charge in [0.1, 0.15) is 6.61 Å². The number of hydrogen-bond donors (Lipinski definition) is 1. The molecule has 39 heavy (non-hydrogen) atoms. The van der Waals surface area contributed by atoms with Crippen molar-refractivity contribution in [3.05, 3.63) is 95.1 Å². The van der Waals surface area contributed by atoms with Crippen molar-refractivity contribution in [2.24, 2.45) is 0 Å². The second-order valence-corrected chi connectivity index (χ2v) is 10.7. The van der Waals surface area contributed by atoms with Gasteiger partial charge >= 0.3 is 12.1 Å². The van der Waals surface area contributed by atoms with Gasteiger partial charge in [-0.15, -0.1) is 0 Å². The van der Waals surface area contributed by atoms with Crippen LogP contribution in [0.5, 0.6) is 0 Å². The third-order valence-electron chi connectivity index (χ3n) is 8.21. The Morgan fingerprint density at radius 1 is 0.949 bits per heavy atom. The van der Waals surface area contributed by atoms with Crippen LogP contribution in [0.4, 0.5) is 4.79 Å². The maximum atomic E-state index is 12.9. The van der Waals surface area contributed by atoms with Gasteiger partial charge in [-0.25, -0.2) is 9.59 Å². The van der Waals surface area contributed by atoms with E-state index < -0.39 is 6.09 Å². The van der Waals surface area contributed by atoms with E-state index in [0.29, 0.717) is 24.4 Å². The van der Waals surface area contributed by atoms with E-state index in [0.717, 1.165) is 11.1 Å². The number of esters is 1. The molecule has 1 fully saturated rings. The largest absolute Gasteiger partial charge is 0.465 e. The Hall–Kier alpha value is -4.06. The van der Waals surface area contributed by atoms with E-state index in [-0.39, 0.29) is 18.6 Å². The van der Waals surface area contributed by atoms with Crippen molar-refractivity contribution < 1.29 is 19.1 Å². The second kappa shape index (κ2) is 11.0. The molecule has 2 heterocycles. The predicted octanol–water partition coefficient (Wildman–Crippen LogP) is 6.99. The highest BCUT2D eigenvalue weighted by atomic mass is 16.5. The molecule has 6 rings (SSSR count). The summed E-state index contributed by atoms with van der Waals surface area (Å²) in [5.74, 6) is 0.120. The minimum Gasteiger partial charge on any atom is -0.465 e. The zero-order chi connectivity index (χ0) is 26.8. The first-order valence-corrected chi connectivity index (χ1v) is 13.9. The third-order valence-corrected chi connectivity index (χ3v) is 8.21. The quantitative estimate of drug-likeness (QED) is 0.287. The molecule has 0 spiro atoms. The van der Waals surface area contributed by atoms with Crippen molar-refractivity contribution in [1.29, 1.82) is 0 Å². The number of methoxy groups -OCH3 is 1. The van der Waals surface area contributed by atoms with E-state index >= 15 is 0 Å². The Kier molecular flexibility index (Phi) is 7.10. The number of aromatic nitrogens is 1. The topological polar surface area (TPSA) is 69.6 Å². The number of carbonyl (C=O) groups excluding carboxylic acids is 2. The van der Waals surface area contributed by atoms with E-state index in [2.05, 4.69) is 40.2 Å². The maximum absolute atomic E-state index is 12.9. The lowest BCUT2D eigenvalue weighted by Crippen LogP contribution is -2.39. The number of nitrogens with one attached hydrogen (secondary N) is 1. The minimum absolute atomic E-state index is 0.174. The van der Waals surface area contributed by atoms with Crippen molar-refractivity contribution >= 4 is 23.0 Å². The fourth-order valence-corrected chi connectivity index (χ4v) is 6.41. The van der Waals surface area contributed by atoms with E-state index in [1.165, 1.54) is 67.0 Å². The van der Waals surface area contributed by atoms with Gasteiger partial charge in [0.2, 0.25) is 0 Å². The fraction of sp³-hybridized carbons (Fsp3) is 0.333. The lowest BCUT2D eigenvalue weighted by atomic mass is 9.81. The van der Waals surface area contributed by atoms with Crippen molar-refractivity contribution in [1.82, 2.24) is 9.88 Å². The van der Waals surface area contributed by atoms with Crippen LogP contribution in [0.25, 0.3) is 22.2 Å². The van der Waals surface area contributed by atoms with Gasteiger partial charge in [0.15, 0.2) is 0 Å². The van der Waals surface area contributed by atoms with Gasteiger partial charge in [0, 0.05) is 23.0 Å². The van der Waals surface area contributed by atoms with Gasteiger partial charge in [-0.05, 0) is 54.0 Å². The first-order chi connectivity index (χ1) is 19.1. The van der Waals surface area contributed by atoms with Crippen LogP contribution in [0.3, 0.4) is 0 Å². The van der Waals surface area contributed by atoms with Crippen LogP contribution >= 0.6 is 0 Å². The van der Waals surface area contributed by atoms with Crippen LogP contribution in [0.1, 0.15) is 65.1 Å². The van der Waals surface area contributed by atoms with E-state index in [9.17, 15) is 9.59 Å². The Morgan fingerprint density at radius 2 is 1.72 bits per heavy atom. The molecule has 1 saturated carbocycles. The molecular weight excluding hydrogens is 488 g/mol. The van der Waals surface area contributed by atoms with Crippen LogP contribution in [0.2, 0.25) is 0 Å². The summed E-state index contributed by atoms with van der Waals surface area (Å²) in [5.41, 5.74) is 7.50.